The highest BCUT2D eigenvalue weighted by atomic mass is 16.3. The van der Waals surface area contributed by atoms with Gasteiger partial charge >= 0.3 is 0 Å². The van der Waals surface area contributed by atoms with E-state index in [2.05, 4.69) is 57.3 Å². The van der Waals surface area contributed by atoms with Crippen LogP contribution in [0.3, 0.4) is 0 Å². The molecule has 0 unspecified atom stereocenters. The standard InChI is InChI=1S/C18H23NO/c1-13-5-7-14(8-6-13)12-19-16-11-15(18(2,3)4)9-10-17(16)20/h5-11,19-20H,12H2,1-4H3. The van der Waals surface area contributed by atoms with Crippen LogP contribution in [0.1, 0.15) is 37.5 Å². The van der Waals surface area contributed by atoms with E-state index in [1.54, 1.807) is 6.07 Å². The lowest BCUT2D eigenvalue weighted by Gasteiger charge is -2.20. The van der Waals surface area contributed by atoms with Gasteiger partial charge in [0.15, 0.2) is 0 Å². The van der Waals surface area contributed by atoms with Crippen molar-refractivity contribution < 1.29 is 5.11 Å². The molecule has 0 aromatic heterocycles. The molecule has 0 bridgehead atoms. The molecule has 2 aromatic carbocycles. The predicted octanol–water partition coefficient (Wildman–Crippen LogP) is 4.61. The molecule has 0 saturated carbocycles. The van der Waals surface area contributed by atoms with Gasteiger partial charge in [0, 0.05) is 6.54 Å². The van der Waals surface area contributed by atoms with Crippen LogP contribution in [0.5, 0.6) is 5.75 Å². The van der Waals surface area contributed by atoms with Gasteiger partial charge in [0.25, 0.3) is 0 Å². The van der Waals surface area contributed by atoms with Crippen molar-refractivity contribution in [3.63, 3.8) is 0 Å². The Morgan fingerprint density at radius 2 is 1.65 bits per heavy atom. The van der Waals surface area contributed by atoms with Gasteiger partial charge in [0.1, 0.15) is 5.75 Å². The third kappa shape index (κ3) is 3.53. The zero-order valence-corrected chi connectivity index (χ0v) is 12.7. The van der Waals surface area contributed by atoms with Crippen LogP contribution in [0.2, 0.25) is 0 Å². The van der Waals surface area contributed by atoms with Gasteiger partial charge < -0.3 is 10.4 Å². The van der Waals surface area contributed by atoms with Gasteiger partial charge in [-0.1, -0.05) is 56.7 Å². The van der Waals surface area contributed by atoms with Crippen molar-refractivity contribution in [1.82, 2.24) is 0 Å². The Kier molecular flexibility index (Phi) is 4.03. The summed E-state index contributed by atoms with van der Waals surface area (Å²) in [6, 6.07) is 14.2. The first kappa shape index (κ1) is 14.4. The summed E-state index contributed by atoms with van der Waals surface area (Å²) < 4.78 is 0. The first-order valence-electron chi connectivity index (χ1n) is 6.99. The Balaban J connectivity index is 2.14. The minimum atomic E-state index is 0.0774. The second kappa shape index (κ2) is 5.58. The Hall–Kier alpha value is -1.96. The average molecular weight is 269 g/mol. The number of aryl methyl sites for hydroxylation is 1. The molecule has 2 rings (SSSR count). The number of nitrogens with one attached hydrogen (secondary N) is 1. The van der Waals surface area contributed by atoms with Crippen LogP contribution in [-0.4, -0.2) is 5.11 Å². The number of phenolic OH excluding ortho intramolecular Hbond substituents is 1. The normalized spacial score (nSPS) is 11.4. The van der Waals surface area contributed by atoms with Gasteiger partial charge in [-0.3, -0.25) is 0 Å². The number of hydrogen-bond acceptors (Lipinski definition) is 2. The lowest BCUT2D eigenvalue weighted by Crippen LogP contribution is -2.11. The second-order valence-corrected chi connectivity index (χ2v) is 6.32. The first-order chi connectivity index (χ1) is 9.36. The van der Waals surface area contributed by atoms with Crippen LogP contribution in [0.4, 0.5) is 5.69 Å². The van der Waals surface area contributed by atoms with Gasteiger partial charge in [0.2, 0.25) is 0 Å². The predicted molar refractivity (Wildman–Crippen MR) is 85.3 cm³/mol. The fourth-order valence-corrected chi connectivity index (χ4v) is 2.05. The van der Waals surface area contributed by atoms with Crippen molar-refractivity contribution in [1.29, 1.82) is 0 Å². The second-order valence-electron chi connectivity index (χ2n) is 6.32. The lowest BCUT2D eigenvalue weighted by atomic mass is 9.87. The van der Waals surface area contributed by atoms with E-state index in [-0.39, 0.29) is 5.41 Å². The minimum absolute atomic E-state index is 0.0774. The van der Waals surface area contributed by atoms with Gasteiger partial charge in [-0.25, -0.2) is 0 Å². The highest BCUT2D eigenvalue weighted by molar-refractivity contribution is 5.58. The Morgan fingerprint density at radius 3 is 2.25 bits per heavy atom. The molecule has 0 aliphatic carbocycles. The van der Waals surface area contributed by atoms with E-state index in [1.165, 1.54) is 16.7 Å². The number of aromatic hydroxyl groups is 1. The molecule has 2 aromatic rings. The summed E-state index contributed by atoms with van der Waals surface area (Å²) in [7, 11) is 0. The summed E-state index contributed by atoms with van der Waals surface area (Å²) in [4.78, 5) is 0. The largest absolute Gasteiger partial charge is 0.506 e. The fourth-order valence-electron chi connectivity index (χ4n) is 2.05. The highest BCUT2D eigenvalue weighted by Crippen LogP contribution is 2.30. The van der Waals surface area contributed by atoms with Crippen molar-refractivity contribution in [3.05, 3.63) is 59.2 Å². The molecule has 2 heteroatoms. The molecular formula is C18H23NO. The molecule has 2 nitrogen and oxygen atoms in total. The van der Waals surface area contributed by atoms with E-state index in [0.717, 1.165) is 5.69 Å². The molecular weight excluding hydrogens is 246 g/mol. The number of hydrogen-bond donors (Lipinski definition) is 2. The van der Waals surface area contributed by atoms with E-state index in [4.69, 9.17) is 0 Å². The van der Waals surface area contributed by atoms with Gasteiger partial charge in [-0.2, -0.15) is 0 Å². The van der Waals surface area contributed by atoms with Gasteiger partial charge in [-0.15, -0.1) is 0 Å². The molecule has 20 heavy (non-hydrogen) atoms. The fraction of sp³-hybridized carbons (Fsp3) is 0.333. The summed E-state index contributed by atoms with van der Waals surface area (Å²) in [5.41, 5.74) is 4.54. The molecule has 0 fully saturated rings. The third-order valence-electron chi connectivity index (χ3n) is 3.47. The molecule has 2 N–H and O–H groups in total. The van der Waals surface area contributed by atoms with E-state index in [0.29, 0.717) is 12.3 Å². The van der Waals surface area contributed by atoms with E-state index in [9.17, 15) is 5.11 Å². The topological polar surface area (TPSA) is 32.3 Å². The van der Waals surface area contributed by atoms with Gasteiger partial charge in [0.05, 0.1) is 5.69 Å². The number of rotatable bonds is 3. The molecule has 0 spiro atoms. The SMILES string of the molecule is Cc1ccc(CNc2cc(C(C)(C)C)ccc2O)cc1. The van der Waals surface area contributed by atoms with Crippen LogP contribution < -0.4 is 5.32 Å². The van der Waals surface area contributed by atoms with Crippen molar-refractivity contribution >= 4 is 5.69 Å². The Bertz CT molecular complexity index is 579. The van der Waals surface area contributed by atoms with Gasteiger partial charge in [-0.05, 0) is 35.6 Å². The zero-order valence-electron chi connectivity index (χ0n) is 12.7. The molecule has 106 valence electrons. The summed E-state index contributed by atoms with van der Waals surface area (Å²) in [5.74, 6) is 0.296. The van der Waals surface area contributed by atoms with E-state index >= 15 is 0 Å². The van der Waals surface area contributed by atoms with E-state index < -0.39 is 0 Å². The minimum Gasteiger partial charge on any atom is -0.506 e. The third-order valence-corrected chi connectivity index (χ3v) is 3.47. The molecule has 0 saturated heterocycles. The molecule has 0 amide bonds. The zero-order chi connectivity index (χ0) is 14.8. The van der Waals surface area contributed by atoms with Crippen molar-refractivity contribution in [2.75, 3.05) is 5.32 Å². The molecule has 0 radical (unpaired) electrons. The number of benzene rings is 2. The van der Waals surface area contributed by atoms with Crippen molar-refractivity contribution in [2.24, 2.45) is 0 Å². The van der Waals surface area contributed by atoms with Crippen LogP contribution >= 0.6 is 0 Å². The lowest BCUT2D eigenvalue weighted by molar-refractivity contribution is 0.476. The first-order valence-corrected chi connectivity index (χ1v) is 6.99. The van der Waals surface area contributed by atoms with Crippen LogP contribution in [-0.2, 0) is 12.0 Å². The maximum Gasteiger partial charge on any atom is 0.138 e. The Labute approximate surface area is 121 Å². The molecule has 0 aliphatic heterocycles. The molecule has 0 aliphatic rings. The number of anilines is 1. The monoisotopic (exact) mass is 269 g/mol. The van der Waals surface area contributed by atoms with Crippen molar-refractivity contribution in [2.45, 2.75) is 39.7 Å². The molecule has 0 heterocycles. The average Bonchev–Trinajstić information content (AvgIpc) is 2.38. The maximum absolute atomic E-state index is 9.96. The van der Waals surface area contributed by atoms with Crippen molar-refractivity contribution in [3.8, 4) is 5.75 Å². The summed E-state index contributed by atoms with van der Waals surface area (Å²) in [6.45, 7) is 9.30. The smallest absolute Gasteiger partial charge is 0.138 e. The van der Waals surface area contributed by atoms with Crippen LogP contribution in [0.25, 0.3) is 0 Å². The number of phenols is 1. The Morgan fingerprint density at radius 1 is 1.00 bits per heavy atom. The van der Waals surface area contributed by atoms with Crippen LogP contribution in [0, 0.1) is 6.92 Å². The summed E-state index contributed by atoms with van der Waals surface area (Å²) >= 11 is 0. The highest BCUT2D eigenvalue weighted by Gasteiger charge is 2.15. The molecule has 0 atom stereocenters. The maximum atomic E-state index is 9.96. The van der Waals surface area contributed by atoms with Crippen LogP contribution in [0.15, 0.2) is 42.5 Å². The summed E-state index contributed by atoms with van der Waals surface area (Å²) in [5, 5.41) is 13.3. The quantitative estimate of drug-likeness (QED) is 0.797. The van der Waals surface area contributed by atoms with E-state index in [1.807, 2.05) is 12.1 Å². The summed E-state index contributed by atoms with van der Waals surface area (Å²) in [6.07, 6.45) is 0.